The van der Waals surface area contributed by atoms with Crippen molar-refractivity contribution in [3.05, 3.63) is 219 Å². The molecule has 0 amide bonds. The number of aromatic nitrogens is 17. The number of nitrogens with zero attached hydrogens (tertiary/aromatic N) is 17. The summed E-state index contributed by atoms with van der Waals surface area (Å²) in [6.07, 6.45) is 8.14. The summed E-state index contributed by atoms with van der Waals surface area (Å²) in [6, 6.07) is 36.3. The molecule has 23 nitrogen and oxygen atoms in total. The average Bonchev–Trinajstić information content (AvgIpc) is 2.24. The second kappa shape index (κ2) is 23.0. The highest BCUT2D eigenvalue weighted by Crippen LogP contribution is 2.37. The Kier molecular flexibility index (Phi) is 14.2. The lowest BCUT2D eigenvalue weighted by molar-refractivity contribution is 0.431. The molecule has 4 aromatic carbocycles. The van der Waals surface area contributed by atoms with Gasteiger partial charge in [-0.05, 0) is 96.1 Å². The zero-order chi connectivity index (χ0) is 60.3. The van der Waals surface area contributed by atoms with Crippen molar-refractivity contribution in [1.29, 1.82) is 0 Å². The predicted octanol–water partition coefficient (Wildman–Crippen LogP) is 12.1. The molecular formula is C60H32Cl3N17O6S3. The first-order chi connectivity index (χ1) is 43.4. The highest BCUT2D eigenvalue weighted by atomic mass is 35.5. The SMILES string of the molecule is O=c1ccc(-c2noc(-c3cccc(Cl)c3)n2)nn1Cc1nc2cc(-c3cc(=O)n(Cc4nc5cc(-c6cc(=O)n(Cc7cnc(-c8cccnc8)s7)nc6-c6noc(-c7cccc(Cl)c7)n6)ccc5s4)nc3-c3noc(-c4cncc(Cl)c4)n3)ccc2s1. The molecule has 0 saturated heterocycles. The van der Waals surface area contributed by atoms with Gasteiger partial charge in [0.1, 0.15) is 32.1 Å². The lowest BCUT2D eigenvalue weighted by atomic mass is 10.0. The van der Waals surface area contributed by atoms with Crippen LogP contribution in [-0.2, 0) is 19.6 Å². The van der Waals surface area contributed by atoms with E-state index in [4.69, 9.17) is 78.5 Å². The molecule has 29 heteroatoms. The third-order valence-electron chi connectivity index (χ3n) is 13.7. The topological polar surface area (TPSA) is 286 Å². The fraction of sp³-hybridized carbons (Fsp3) is 0.0500. The molecule has 11 heterocycles. The number of hydrogen-bond acceptors (Lipinski definition) is 23. The van der Waals surface area contributed by atoms with E-state index in [0.717, 1.165) is 24.8 Å². The molecule has 432 valence electrons. The minimum absolute atomic E-state index is 0.0302. The van der Waals surface area contributed by atoms with Gasteiger partial charge in [-0.15, -0.1) is 34.0 Å². The minimum Gasteiger partial charge on any atom is -0.334 e. The second-order valence-corrected chi connectivity index (χ2v) is 24.3. The van der Waals surface area contributed by atoms with Gasteiger partial charge in [-0.3, -0.25) is 24.4 Å². The molecule has 0 unspecified atom stereocenters. The molecule has 0 N–H and O–H groups in total. The molecule has 0 atom stereocenters. The summed E-state index contributed by atoms with van der Waals surface area (Å²) >= 11 is 23.0. The summed E-state index contributed by atoms with van der Waals surface area (Å²) in [5.41, 5.74) is 5.20. The van der Waals surface area contributed by atoms with E-state index in [9.17, 15) is 14.4 Å². The van der Waals surface area contributed by atoms with E-state index in [1.54, 1.807) is 73.2 Å². The molecule has 11 aromatic heterocycles. The van der Waals surface area contributed by atoms with E-state index in [1.807, 2.05) is 48.5 Å². The monoisotopic (exact) mass is 1290 g/mol. The van der Waals surface area contributed by atoms with E-state index in [0.29, 0.717) is 80.8 Å². The number of hydrogen-bond donors (Lipinski definition) is 0. The number of pyridine rings is 2. The van der Waals surface area contributed by atoms with Gasteiger partial charge >= 0.3 is 0 Å². The fourth-order valence-electron chi connectivity index (χ4n) is 9.58. The van der Waals surface area contributed by atoms with Crippen LogP contribution in [0.5, 0.6) is 0 Å². The second-order valence-electron chi connectivity index (χ2n) is 19.7. The molecule has 0 fully saturated rings. The maximum Gasteiger partial charge on any atom is 0.267 e. The van der Waals surface area contributed by atoms with E-state index >= 15 is 0 Å². The van der Waals surface area contributed by atoms with Crippen LogP contribution in [0, 0.1) is 0 Å². The van der Waals surface area contributed by atoms with E-state index in [1.165, 1.54) is 84.7 Å². The minimum atomic E-state index is -0.461. The highest BCUT2D eigenvalue weighted by Gasteiger charge is 2.24. The number of thiazole rings is 3. The van der Waals surface area contributed by atoms with Crippen LogP contribution in [-0.4, -0.2) is 84.7 Å². The smallest absolute Gasteiger partial charge is 0.267 e. The summed E-state index contributed by atoms with van der Waals surface area (Å²) in [6.45, 7) is 0.0881. The van der Waals surface area contributed by atoms with Crippen molar-refractivity contribution >= 4 is 89.2 Å². The van der Waals surface area contributed by atoms with Crippen molar-refractivity contribution in [2.75, 3.05) is 0 Å². The van der Waals surface area contributed by atoms with Crippen molar-refractivity contribution in [3.8, 4) is 102 Å². The normalized spacial score (nSPS) is 11.6. The first kappa shape index (κ1) is 55.1. The van der Waals surface area contributed by atoms with Crippen LogP contribution in [0.15, 0.2) is 186 Å². The Labute approximate surface area is 524 Å². The first-order valence-electron chi connectivity index (χ1n) is 26.6. The van der Waals surface area contributed by atoms with E-state index < -0.39 is 11.1 Å². The third-order valence-corrected chi connectivity index (χ3v) is 17.5. The highest BCUT2D eigenvalue weighted by molar-refractivity contribution is 7.19. The standard InChI is InChI=1S/C60H32Cl3N17O6S3/c61-36-7-1-4-32(16-36)57-69-54(75-84-57)42-11-14-49(81)79(72-42)28-47-67-43-20-31(10-12-45(43)88-47)41-22-51(83)80(74-53(41)56-71-59(86-77-56)35-18-38(63)25-65-24-35)29-48-68-44-19-30(9-13-46(44)89-48)40-21-50(82)78(27-39-26-66-60(87-39)34-6-3-15-64-23-34)73-52(40)55-70-58(85-76-55)33-5-2-8-37(62)17-33/h1-26H,27-29H2. The molecule has 15 aromatic rings. The lowest BCUT2D eigenvalue weighted by Crippen LogP contribution is -2.24. The molecule has 0 bridgehead atoms. The Morgan fingerprint density at radius 3 is 1.55 bits per heavy atom. The lowest BCUT2D eigenvalue weighted by Gasteiger charge is -2.10. The molecule has 0 aliphatic carbocycles. The molecule has 0 aliphatic heterocycles. The van der Waals surface area contributed by atoms with Gasteiger partial charge in [0.25, 0.3) is 34.3 Å². The quantitative estimate of drug-likeness (QED) is 0.0921. The average molecular weight is 1290 g/mol. The summed E-state index contributed by atoms with van der Waals surface area (Å²) in [7, 11) is 0. The van der Waals surface area contributed by atoms with Crippen LogP contribution in [0.4, 0.5) is 0 Å². The van der Waals surface area contributed by atoms with Gasteiger partial charge in [0.15, 0.2) is 0 Å². The van der Waals surface area contributed by atoms with Crippen molar-refractivity contribution in [2.24, 2.45) is 0 Å². The van der Waals surface area contributed by atoms with Gasteiger partial charge in [-0.2, -0.15) is 30.2 Å². The van der Waals surface area contributed by atoms with E-state index in [2.05, 4.69) is 40.5 Å². The molecular weight excluding hydrogens is 1260 g/mol. The van der Waals surface area contributed by atoms with Crippen molar-refractivity contribution in [1.82, 2.24) is 84.7 Å². The molecule has 0 spiro atoms. The van der Waals surface area contributed by atoms with E-state index in [-0.39, 0.29) is 71.7 Å². The maximum atomic E-state index is 14.4. The Morgan fingerprint density at radius 1 is 0.427 bits per heavy atom. The summed E-state index contributed by atoms with van der Waals surface area (Å²) < 4.78 is 22.4. The van der Waals surface area contributed by atoms with Crippen LogP contribution >= 0.6 is 68.8 Å². The van der Waals surface area contributed by atoms with Crippen molar-refractivity contribution < 1.29 is 13.6 Å². The van der Waals surface area contributed by atoms with Crippen LogP contribution < -0.4 is 16.7 Å². The van der Waals surface area contributed by atoms with Crippen molar-refractivity contribution in [3.63, 3.8) is 0 Å². The fourth-order valence-corrected chi connectivity index (χ4v) is 12.9. The largest absolute Gasteiger partial charge is 0.334 e. The van der Waals surface area contributed by atoms with Crippen molar-refractivity contribution in [2.45, 2.75) is 19.6 Å². The Bertz CT molecular complexity index is 5440. The van der Waals surface area contributed by atoms with Gasteiger partial charge in [-0.25, -0.2) is 29.0 Å². The number of fused-ring (bicyclic) bond motifs is 2. The summed E-state index contributed by atoms with van der Waals surface area (Å²) in [5.74, 6) is 0.929. The van der Waals surface area contributed by atoms with Crippen LogP contribution in [0.25, 0.3) is 122 Å². The maximum absolute atomic E-state index is 14.4. The molecule has 15 rings (SSSR count). The van der Waals surface area contributed by atoms with Gasteiger partial charge in [-0.1, -0.05) is 74.5 Å². The first-order valence-corrected chi connectivity index (χ1v) is 30.1. The molecule has 0 aliphatic rings. The van der Waals surface area contributed by atoms with Crippen LogP contribution in [0.1, 0.15) is 14.9 Å². The third kappa shape index (κ3) is 11.2. The summed E-state index contributed by atoms with van der Waals surface area (Å²) in [5, 5.41) is 30.2. The van der Waals surface area contributed by atoms with Crippen LogP contribution in [0.3, 0.4) is 0 Å². The number of rotatable bonds is 15. The number of halogens is 3. The Morgan fingerprint density at radius 2 is 0.966 bits per heavy atom. The zero-order valence-electron chi connectivity index (χ0n) is 45.0. The van der Waals surface area contributed by atoms with Crippen LogP contribution in [0.2, 0.25) is 15.1 Å². The van der Waals surface area contributed by atoms with Gasteiger partial charge in [0.2, 0.25) is 17.5 Å². The summed E-state index contributed by atoms with van der Waals surface area (Å²) in [4.78, 5) is 79.2. The van der Waals surface area contributed by atoms with Gasteiger partial charge in [0.05, 0.1) is 50.7 Å². The van der Waals surface area contributed by atoms with Gasteiger partial charge in [0, 0.05) is 91.9 Å². The molecule has 0 saturated carbocycles. The van der Waals surface area contributed by atoms with Gasteiger partial charge < -0.3 is 13.6 Å². The zero-order valence-corrected chi connectivity index (χ0v) is 49.8. The number of benzene rings is 4. The predicted molar refractivity (Wildman–Crippen MR) is 334 cm³/mol. The molecule has 89 heavy (non-hydrogen) atoms. The Hall–Kier alpha value is -10.5. The Balaban J connectivity index is 0.751. The molecule has 0 radical (unpaired) electrons.